The molecule has 0 saturated carbocycles. The highest BCUT2D eigenvalue weighted by molar-refractivity contribution is 7.15. The summed E-state index contributed by atoms with van der Waals surface area (Å²) in [4.78, 5) is 5.80. The highest BCUT2D eigenvalue weighted by Crippen LogP contribution is 2.28. The summed E-state index contributed by atoms with van der Waals surface area (Å²) in [7, 11) is 0. The second-order valence-electron chi connectivity index (χ2n) is 5.28. The first-order chi connectivity index (χ1) is 9.70. The van der Waals surface area contributed by atoms with Gasteiger partial charge in [0, 0.05) is 23.6 Å². The molecule has 1 aromatic carbocycles. The number of hydrogen-bond donors (Lipinski definition) is 1. The summed E-state index contributed by atoms with van der Waals surface area (Å²) in [6, 6.07) is 8.73. The molecule has 3 nitrogen and oxygen atoms in total. The summed E-state index contributed by atoms with van der Waals surface area (Å²) in [6.45, 7) is 5.06. The molecule has 0 spiro atoms. The first kappa shape index (κ1) is 13.3. The van der Waals surface area contributed by atoms with Gasteiger partial charge in [-0.05, 0) is 18.0 Å². The number of nitrogens with two attached hydrogens (primary N) is 1. The maximum atomic E-state index is 5.75. The van der Waals surface area contributed by atoms with Gasteiger partial charge in [-0.2, -0.15) is 0 Å². The number of aromatic nitrogens is 2. The SMILES string of the molecule is CC(C)c1ccc(-c2nc3sccn3c2CCN)cc1. The molecule has 0 atom stereocenters. The lowest BCUT2D eigenvalue weighted by molar-refractivity contribution is 0.867. The van der Waals surface area contributed by atoms with Crippen LogP contribution in [-0.2, 0) is 6.42 Å². The number of fused-ring (bicyclic) bond motifs is 1. The molecule has 0 radical (unpaired) electrons. The Labute approximate surface area is 123 Å². The van der Waals surface area contributed by atoms with Crippen LogP contribution in [0.15, 0.2) is 35.8 Å². The molecule has 2 heterocycles. The maximum absolute atomic E-state index is 5.75. The van der Waals surface area contributed by atoms with Crippen molar-refractivity contribution in [3.05, 3.63) is 47.1 Å². The van der Waals surface area contributed by atoms with E-state index < -0.39 is 0 Å². The van der Waals surface area contributed by atoms with Crippen molar-refractivity contribution in [3.63, 3.8) is 0 Å². The number of rotatable bonds is 4. The third-order valence-corrected chi connectivity index (χ3v) is 4.35. The van der Waals surface area contributed by atoms with Crippen LogP contribution in [0.5, 0.6) is 0 Å². The predicted octanol–water partition coefficient (Wildman–Crippen LogP) is 3.69. The lowest BCUT2D eigenvalue weighted by atomic mass is 10.00. The molecule has 4 heteroatoms. The Morgan fingerprint density at radius 3 is 2.65 bits per heavy atom. The number of imidazole rings is 1. The van der Waals surface area contributed by atoms with E-state index in [2.05, 4.69) is 54.1 Å². The Morgan fingerprint density at radius 2 is 2.00 bits per heavy atom. The van der Waals surface area contributed by atoms with Crippen molar-refractivity contribution in [2.75, 3.05) is 6.54 Å². The highest BCUT2D eigenvalue weighted by atomic mass is 32.1. The molecular weight excluding hydrogens is 266 g/mol. The van der Waals surface area contributed by atoms with Crippen molar-refractivity contribution in [3.8, 4) is 11.3 Å². The topological polar surface area (TPSA) is 43.3 Å². The maximum Gasteiger partial charge on any atom is 0.194 e. The van der Waals surface area contributed by atoms with Gasteiger partial charge in [-0.15, -0.1) is 11.3 Å². The van der Waals surface area contributed by atoms with Gasteiger partial charge < -0.3 is 5.73 Å². The smallest absolute Gasteiger partial charge is 0.194 e. The van der Waals surface area contributed by atoms with Crippen LogP contribution in [0, 0.1) is 0 Å². The molecule has 0 bridgehead atoms. The van der Waals surface area contributed by atoms with Gasteiger partial charge in [0.1, 0.15) is 0 Å². The first-order valence-electron chi connectivity index (χ1n) is 6.95. The van der Waals surface area contributed by atoms with Crippen LogP contribution in [-0.4, -0.2) is 15.9 Å². The molecule has 0 fully saturated rings. The fraction of sp³-hybridized carbons (Fsp3) is 0.312. The summed E-state index contributed by atoms with van der Waals surface area (Å²) >= 11 is 1.66. The molecule has 0 unspecified atom stereocenters. The Kier molecular flexibility index (Phi) is 3.59. The fourth-order valence-electron chi connectivity index (χ4n) is 2.47. The Morgan fingerprint density at radius 1 is 1.25 bits per heavy atom. The van der Waals surface area contributed by atoms with Gasteiger partial charge in [-0.25, -0.2) is 4.98 Å². The van der Waals surface area contributed by atoms with Crippen molar-refractivity contribution in [2.24, 2.45) is 5.73 Å². The predicted molar refractivity (Wildman–Crippen MR) is 85.4 cm³/mol. The number of benzene rings is 1. The zero-order valence-electron chi connectivity index (χ0n) is 11.8. The van der Waals surface area contributed by atoms with Crippen LogP contribution in [0.2, 0.25) is 0 Å². The van der Waals surface area contributed by atoms with Gasteiger partial charge in [-0.3, -0.25) is 4.40 Å². The van der Waals surface area contributed by atoms with Gasteiger partial charge in [0.2, 0.25) is 0 Å². The van der Waals surface area contributed by atoms with Crippen molar-refractivity contribution in [1.82, 2.24) is 9.38 Å². The van der Waals surface area contributed by atoms with E-state index in [1.54, 1.807) is 11.3 Å². The summed E-state index contributed by atoms with van der Waals surface area (Å²) in [5.41, 5.74) is 10.6. The van der Waals surface area contributed by atoms with Crippen molar-refractivity contribution >= 4 is 16.3 Å². The second kappa shape index (κ2) is 5.38. The molecule has 2 aromatic heterocycles. The van der Waals surface area contributed by atoms with Crippen molar-refractivity contribution < 1.29 is 0 Å². The van der Waals surface area contributed by atoms with Gasteiger partial charge in [0.05, 0.1) is 11.4 Å². The van der Waals surface area contributed by atoms with Crippen LogP contribution in [0.3, 0.4) is 0 Å². The van der Waals surface area contributed by atoms with E-state index in [-0.39, 0.29) is 0 Å². The van der Waals surface area contributed by atoms with Crippen molar-refractivity contribution in [1.29, 1.82) is 0 Å². The molecule has 0 amide bonds. The lowest BCUT2D eigenvalue weighted by Gasteiger charge is -2.07. The Hall–Kier alpha value is -1.65. The average Bonchev–Trinajstić information content (AvgIpc) is 3.02. The summed E-state index contributed by atoms with van der Waals surface area (Å²) in [5.74, 6) is 0.554. The summed E-state index contributed by atoms with van der Waals surface area (Å²) in [5, 5.41) is 2.06. The van der Waals surface area contributed by atoms with Gasteiger partial charge >= 0.3 is 0 Å². The molecule has 0 saturated heterocycles. The molecule has 0 aliphatic carbocycles. The molecule has 3 aromatic rings. The van der Waals surface area contributed by atoms with E-state index in [1.165, 1.54) is 16.8 Å². The highest BCUT2D eigenvalue weighted by Gasteiger charge is 2.14. The van der Waals surface area contributed by atoms with Gasteiger partial charge in [0.25, 0.3) is 0 Å². The lowest BCUT2D eigenvalue weighted by Crippen LogP contribution is -2.05. The fourth-order valence-corrected chi connectivity index (χ4v) is 3.20. The number of hydrogen-bond acceptors (Lipinski definition) is 3. The zero-order chi connectivity index (χ0) is 14.1. The monoisotopic (exact) mass is 285 g/mol. The molecule has 0 aliphatic rings. The minimum Gasteiger partial charge on any atom is -0.330 e. The van der Waals surface area contributed by atoms with Crippen LogP contribution in [0.4, 0.5) is 0 Å². The van der Waals surface area contributed by atoms with Crippen molar-refractivity contribution in [2.45, 2.75) is 26.2 Å². The van der Waals surface area contributed by atoms with Crippen LogP contribution in [0.25, 0.3) is 16.2 Å². The van der Waals surface area contributed by atoms with Gasteiger partial charge in [-0.1, -0.05) is 38.1 Å². The second-order valence-corrected chi connectivity index (χ2v) is 6.15. The third-order valence-electron chi connectivity index (χ3n) is 3.59. The van der Waals surface area contributed by atoms with Crippen LogP contribution in [0.1, 0.15) is 31.0 Å². The van der Waals surface area contributed by atoms with E-state index in [0.717, 1.165) is 17.1 Å². The molecule has 20 heavy (non-hydrogen) atoms. The quantitative estimate of drug-likeness (QED) is 0.794. The zero-order valence-corrected chi connectivity index (χ0v) is 12.7. The van der Waals surface area contributed by atoms with E-state index in [9.17, 15) is 0 Å². The van der Waals surface area contributed by atoms with Crippen LogP contribution >= 0.6 is 11.3 Å². The largest absolute Gasteiger partial charge is 0.330 e. The van der Waals surface area contributed by atoms with Crippen LogP contribution < -0.4 is 5.73 Å². The molecule has 0 aliphatic heterocycles. The molecule has 104 valence electrons. The summed E-state index contributed by atoms with van der Waals surface area (Å²) in [6.07, 6.45) is 2.92. The minimum absolute atomic E-state index is 0.554. The molecule has 2 N–H and O–H groups in total. The molecular formula is C16H19N3S. The van der Waals surface area contributed by atoms with E-state index in [4.69, 9.17) is 10.7 Å². The molecule has 3 rings (SSSR count). The average molecular weight is 285 g/mol. The Bertz CT molecular complexity index is 707. The normalized spacial score (nSPS) is 11.6. The third kappa shape index (κ3) is 2.25. The van der Waals surface area contributed by atoms with E-state index in [0.29, 0.717) is 12.5 Å². The number of thiazole rings is 1. The Balaban J connectivity index is 2.08. The standard InChI is InChI=1S/C16H19N3S/c1-11(2)12-3-5-13(6-4-12)15-14(7-8-17)19-9-10-20-16(19)18-15/h3-6,9-11H,7-8,17H2,1-2H3. The van der Waals surface area contributed by atoms with E-state index >= 15 is 0 Å². The van der Waals surface area contributed by atoms with Gasteiger partial charge in [0.15, 0.2) is 4.96 Å². The minimum atomic E-state index is 0.554. The van der Waals surface area contributed by atoms with E-state index in [1.807, 2.05) is 0 Å². The first-order valence-corrected chi connectivity index (χ1v) is 7.83. The summed E-state index contributed by atoms with van der Waals surface area (Å²) < 4.78 is 2.16. The number of nitrogens with zero attached hydrogens (tertiary/aromatic N) is 2.